The lowest BCUT2D eigenvalue weighted by atomic mass is 10.1. The molecule has 0 unspecified atom stereocenters. The molecule has 1 heterocycles. The molecule has 0 aliphatic carbocycles. The van der Waals surface area contributed by atoms with Crippen LogP contribution in [0.2, 0.25) is 0 Å². The Kier molecular flexibility index (Phi) is 3.49. The normalized spacial score (nSPS) is 16.6. The summed E-state index contributed by atoms with van der Waals surface area (Å²) in [6.45, 7) is 1.49. The molecule has 1 aromatic carbocycles. The highest BCUT2D eigenvalue weighted by Gasteiger charge is 2.18. The molecule has 2 rings (SSSR count). The van der Waals surface area contributed by atoms with E-state index in [0.717, 1.165) is 35.1 Å². The molecular weight excluding hydrogens is 268 g/mol. The number of carbonyl (C=O) groups excluding carboxylic acids is 1. The minimum Gasteiger partial charge on any atom is -0.398 e. The molecule has 4 heteroatoms. The third-order valence-electron chi connectivity index (χ3n) is 2.89. The van der Waals surface area contributed by atoms with Gasteiger partial charge in [0.25, 0.3) is 0 Å². The molecule has 1 saturated heterocycles. The van der Waals surface area contributed by atoms with Crippen molar-refractivity contribution in [3.63, 3.8) is 0 Å². The fourth-order valence-electron chi connectivity index (χ4n) is 1.94. The molecule has 86 valence electrons. The van der Waals surface area contributed by atoms with E-state index in [2.05, 4.69) is 15.9 Å². The summed E-state index contributed by atoms with van der Waals surface area (Å²) in [5.41, 5.74) is 7.69. The van der Waals surface area contributed by atoms with Crippen LogP contribution in [0.15, 0.2) is 22.7 Å². The van der Waals surface area contributed by atoms with Crippen molar-refractivity contribution in [3.8, 4) is 0 Å². The Bertz CT molecular complexity index is 406. The predicted molar refractivity (Wildman–Crippen MR) is 67.8 cm³/mol. The number of nitrogens with two attached hydrogens (primary N) is 1. The third-order valence-corrected chi connectivity index (χ3v) is 3.38. The average molecular weight is 283 g/mol. The predicted octanol–water partition coefficient (Wildman–Crippen LogP) is 2.54. The number of benzene rings is 1. The van der Waals surface area contributed by atoms with Gasteiger partial charge in [0.2, 0.25) is 5.91 Å². The first-order valence-electron chi connectivity index (χ1n) is 5.48. The van der Waals surface area contributed by atoms with E-state index >= 15 is 0 Å². The van der Waals surface area contributed by atoms with E-state index in [1.54, 1.807) is 0 Å². The number of hydrogen-bond donors (Lipinski definition) is 1. The molecule has 0 spiro atoms. The summed E-state index contributed by atoms with van der Waals surface area (Å²) in [6, 6.07) is 5.81. The summed E-state index contributed by atoms with van der Waals surface area (Å²) in [4.78, 5) is 13.5. The lowest BCUT2D eigenvalue weighted by Gasteiger charge is -2.27. The Morgan fingerprint density at radius 3 is 2.88 bits per heavy atom. The fourth-order valence-corrected chi connectivity index (χ4v) is 2.32. The van der Waals surface area contributed by atoms with Crippen LogP contribution >= 0.6 is 15.9 Å². The van der Waals surface area contributed by atoms with Gasteiger partial charge in [-0.3, -0.25) is 4.79 Å². The van der Waals surface area contributed by atoms with E-state index in [1.807, 2.05) is 23.1 Å². The summed E-state index contributed by atoms with van der Waals surface area (Å²) in [6.07, 6.45) is 2.80. The number of rotatable bonds is 2. The Morgan fingerprint density at radius 1 is 1.38 bits per heavy atom. The Labute approximate surface area is 104 Å². The second kappa shape index (κ2) is 4.87. The van der Waals surface area contributed by atoms with Crippen LogP contribution in [0.25, 0.3) is 0 Å². The van der Waals surface area contributed by atoms with E-state index in [9.17, 15) is 4.79 Å². The van der Waals surface area contributed by atoms with Crippen molar-refractivity contribution >= 4 is 27.5 Å². The van der Waals surface area contributed by atoms with Gasteiger partial charge >= 0.3 is 0 Å². The van der Waals surface area contributed by atoms with Gasteiger partial charge in [0.05, 0.1) is 0 Å². The minimum absolute atomic E-state index is 0.244. The lowest BCUT2D eigenvalue weighted by Crippen LogP contribution is -2.34. The third kappa shape index (κ3) is 2.55. The van der Waals surface area contributed by atoms with E-state index in [4.69, 9.17) is 5.73 Å². The van der Waals surface area contributed by atoms with Gasteiger partial charge in [0, 0.05) is 29.7 Å². The molecule has 3 nitrogen and oxygen atoms in total. The molecule has 1 aliphatic heterocycles. The summed E-state index contributed by atoms with van der Waals surface area (Å²) >= 11 is 3.37. The lowest BCUT2D eigenvalue weighted by molar-refractivity contribution is -0.133. The summed E-state index contributed by atoms with van der Waals surface area (Å²) in [7, 11) is 0. The topological polar surface area (TPSA) is 46.3 Å². The zero-order chi connectivity index (χ0) is 11.5. The van der Waals surface area contributed by atoms with Crippen LogP contribution in [0.5, 0.6) is 0 Å². The molecule has 0 saturated carbocycles. The quantitative estimate of drug-likeness (QED) is 0.848. The molecule has 1 aliphatic rings. The summed E-state index contributed by atoms with van der Waals surface area (Å²) < 4.78 is 0.971. The molecule has 0 bridgehead atoms. The number of anilines is 1. The van der Waals surface area contributed by atoms with Gasteiger partial charge in [-0.25, -0.2) is 0 Å². The first-order chi connectivity index (χ1) is 7.66. The van der Waals surface area contributed by atoms with Crippen LogP contribution in [0.1, 0.15) is 24.8 Å². The summed E-state index contributed by atoms with van der Waals surface area (Å²) in [5, 5.41) is 0. The molecule has 1 fully saturated rings. The molecule has 16 heavy (non-hydrogen) atoms. The monoisotopic (exact) mass is 282 g/mol. The minimum atomic E-state index is 0.244. The van der Waals surface area contributed by atoms with Crippen molar-refractivity contribution in [2.24, 2.45) is 0 Å². The number of likely N-dealkylation sites (tertiary alicyclic amines) is 1. The molecule has 2 N–H and O–H groups in total. The first-order valence-corrected chi connectivity index (χ1v) is 6.28. The van der Waals surface area contributed by atoms with Crippen LogP contribution in [0.4, 0.5) is 5.69 Å². The highest BCUT2D eigenvalue weighted by molar-refractivity contribution is 9.10. The molecule has 0 aromatic heterocycles. The fraction of sp³-hybridized carbons (Fsp3) is 0.417. The number of hydrogen-bond acceptors (Lipinski definition) is 2. The molecule has 1 amide bonds. The van der Waals surface area contributed by atoms with Gasteiger partial charge in [-0.1, -0.05) is 22.0 Å². The maximum absolute atomic E-state index is 11.7. The Hall–Kier alpha value is -1.03. The number of halogens is 1. The Morgan fingerprint density at radius 2 is 2.19 bits per heavy atom. The largest absolute Gasteiger partial charge is 0.398 e. The molecule has 1 aromatic rings. The van der Waals surface area contributed by atoms with Gasteiger partial charge in [0.15, 0.2) is 0 Å². The molecule has 0 atom stereocenters. The van der Waals surface area contributed by atoms with E-state index < -0.39 is 0 Å². The number of nitrogens with zero attached hydrogens (tertiary/aromatic N) is 1. The van der Waals surface area contributed by atoms with E-state index in [1.165, 1.54) is 0 Å². The Balaban J connectivity index is 2.10. The average Bonchev–Trinajstić information content (AvgIpc) is 2.25. The van der Waals surface area contributed by atoms with Gasteiger partial charge in [-0.15, -0.1) is 0 Å². The van der Waals surface area contributed by atoms with Crippen molar-refractivity contribution in [1.82, 2.24) is 4.90 Å². The van der Waals surface area contributed by atoms with Crippen LogP contribution in [-0.4, -0.2) is 17.4 Å². The van der Waals surface area contributed by atoms with Gasteiger partial charge in [-0.05, 0) is 30.5 Å². The highest BCUT2D eigenvalue weighted by Crippen LogP contribution is 2.21. The molecular formula is C12H15BrN2O. The smallest absolute Gasteiger partial charge is 0.222 e. The SMILES string of the molecule is Nc1cc(Br)ccc1CN1CCCCC1=O. The standard InChI is InChI=1S/C12H15BrN2O/c13-10-5-4-9(11(14)7-10)8-15-6-2-1-3-12(15)16/h4-5,7H,1-3,6,8,14H2. The maximum Gasteiger partial charge on any atom is 0.222 e. The van der Waals surface area contributed by atoms with Crippen molar-refractivity contribution in [1.29, 1.82) is 0 Å². The van der Waals surface area contributed by atoms with Crippen molar-refractivity contribution in [2.45, 2.75) is 25.8 Å². The van der Waals surface area contributed by atoms with E-state index in [0.29, 0.717) is 13.0 Å². The van der Waals surface area contributed by atoms with Crippen molar-refractivity contribution < 1.29 is 4.79 Å². The van der Waals surface area contributed by atoms with Crippen LogP contribution in [0.3, 0.4) is 0 Å². The first kappa shape index (κ1) is 11.5. The van der Waals surface area contributed by atoms with Gasteiger partial charge in [0.1, 0.15) is 0 Å². The zero-order valence-corrected chi connectivity index (χ0v) is 10.7. The van der Waals surface area contributed by atoms with Crippen LogP contribution in [-0.2, 0) is 11.3 Å². The number of carbonyl (C=O) groups is 1. The molecule has 0 radical (unpaired) electrons. The maximum atomic E-state index is 11.7. The van der Waals surface area contributed by atoms with E-state index in [-0.39, 0.29) is 5.91 Å². The zero-order valence-electron chi connectivity index (χ0n) is 9.08. The number of piperidine rings is 1. The van der Waals surface area contributed by atoms with Crippen molar-refractivity contribution in [2.75, 3.05) is 12.3 Å². The second-order valence-electron chi connectivity index (χ2n) is 4.12. The summed E-state index contributed by atoms with van der Waals surface area (Å²) in [5.74, 6) is 0.244. The van der Waals surface area contributed by atoms with Crippen LogP contribution in [0, 0.1) is 0 Å². The second-order valence-corrected chi connectivity index (χ2v) is 5.03. The van der Waals surface area contributed by atoms with Gasteiger partial charge in [-0.2, -0.15) is 0 Å². The van der Waals surface area contributed by atoms with Crippen molar-refractivity contribution in [3.05, 3.63) is 28.2 Å². The van der Waals surface area contributed by atoms with Crippen LogP contribution < -0.4 is 5.73 Å². The highest BCUT2D eigenvalue weighted by atomic mass is 79.9. The number of amides is 1. The number of nitrogen functional groups attached to an aromatic ring is 1. The van der Waals surface area contributed by atoms with Gasteiger partial charge < -0.3 is 10.6 Å².